The molecule has 3 aromatic heterocycles. The molecule has 1 amide bonds. The van der Waals surface area contributed by atoms with Gasteiger partial charge >= 0.3 is 6.18 Å². The van der Waals surface area contributed by atoms with E-state index in [0.29, 0.717) is 30.0 Å². The molecule has 0 radical (unpaired) electrons. The molecular formula is C25H20F3N5O. The third kappa shape index (κ3) is 4.36. The molecule has 9 heteroatoms. The second kappa shape index (κ2) is 8.33. The first kappa shape index (κ1) is 21.7. The first-order valence-electron chi connectivity index (χ1n) is 10.7. The predicted octanol–water partition coefficient (Wildman–Crippen LogP) is 5.58. The van der Waals surface area contributed by atoms with E-state index in [9.17, 15) is 18.0 Å². The zero-order valence-electron chi connectivity index (χ0n) is 18.1. The maximum Gasteiger partial charge on any atom is 0.416 e. The Hall–Kier alpha value is -4.14. The van der Waals surface area contributed by atoms with Gasteiger partial charge in [0, 0.05) is 11.9 Å². The van der Waals surface area contributed by atoms with Gasteiger partial charge in [-0.2, -0.15) is 13.2 Å². The number of amides is 1. The number of aromatic nitrogens is 4. The average molecular weight is 463 g/mol. The van der Waals surface area contributed by atoms with Crippen LogP contribution < -0.4 is 5.32 Å². The highest BCUT2D eigenvalue weighted by atomic mass is 19.4. The fraction of sp³-hybridized carbons (Fsp3) is 0.160. The van der Waals surface area contributed by atoms with Crippen LogP contribution in [0.2, 0.25) is 0 Å². The van der Waals surface area contributed by atoms with E-state index in [0.717, 1.165) is 34.5 Å². The van der Waals surface area contributed by atoms with E-state index in [1.165, 1.54) is 12.1 Å². The number of nitrogens with one attached hydrogen (secondary N) is 2. The van der Waals surface area contributed by atoms with Gasteiger partial charge in [0.05, 0.1) is 16.6 Å². The molecule has 5 aromatic rings. The number of pyridine rings is 1. The standard InChI is InChI=1S/C25H20F3N5O/c1-15-3-2-4-22-29-21(14-33(15)22)23(34)32-24-30-19-12-9-17(13-20(19)31-24)6-5-16-7-10-18(11-8-16)25(26,27)28/h2-4,7-14H,5-6H2,1H3,(H2,30,31,32,34). The molecule has 0 spiro atoms. The number of imidazole rings is 2. The summed E-state index contributed by atoms with van der Waals surface area (Å²) in [6.07, 6.45) is -1.40. The van der Waals surface area contributed by atoms with Crippen LogP contribution in [-0.4, -0.2) is 25.3 Å². The monoisotopic (exact) mass is 463 g/mol. The molecule has 5 rings (SSSR count). The molecule has 0 saturated heterocycles. The molecule has 0 saturated carbocycles. The number of H-pyrrole nitrogens is 1. The minimum Gasteiger partial charge on any atom is -0.324 e. The lowest BCUT2D eigenvalue weighted by molar-refractivity contribution is -0.137. The molecule has 2 aromatic carbocycles. The molecule has 34 heavy (non-hydrogen) atoms. The van der Waals surface area contributed by atoms with E-state index < -0.39 is 11.7 Å². The van der Waals surface area contributed by atoms with Crippen LogP contribution in [0, 0.1) is 6.92 Å². The smallest absolute Gasteiger partial charge is 0.324 e. The third-order valence-electron chi connectivity index (χ3n) is 5.69. The molecule has 0 bridgehead atoms. The van der Waals surface area contributed by atoms with Crippen LogP contribution in [0.5, 0.6) is 0 Å². The number of halogens is 3. The number of aryl methyl sites for hydroxylation is 3. The van der Waals surface area contributed by atoms with Gasteiger partial charge in [-0.1, -0.05) is 24.3 Å². The Bertz CT molecular complexity index is 1500. The van der Waals surface area contributed by atoms with Gasteiger partial charge in [-0.3, -0.25) is 10.1 Å². The number of rotatable bonds is 5. The summed E-state index contributed by atoms with van der Waals surface area (Å²) in [6.45, 7) is 1.94. The summed E-state index contributed by atoms with van der Waals surface area (Å²) in [4.78, 5) is 24.6. The summed E-state index contributed by atoms with van der Waals surface area (Å²) in [5.74, 6) is -0.0571. The summed E-state index contributed by atoms with van der Waals surface area (Å²) in [5, 5.41) is 2.75. The van der Waals surface area contributed by atoms with Gasteiger partial charge in [-0.15, -0.1) is 0 Å². The first-order valence-corrected chi connectivity index (χ1v) is 10.7. The van der Waals surface area contributed by atoms with Crippen molar-refractivity contribution in [1.82, 2.24) is 19.4 Å². The number of nitrogens with zero attached hydrogens (tertiary/aromatic N) is 3. The fourth-order valence-electron chi connectivity index (χ4n) is 3.84. The highest BCUT2D eigenvalue weighted by molar-refractivity contribution is 6.03. The van der Waals surface area contributed by atoms with Crippen molar-refractivity contribution in [3.05, 3.63) is 94.9 Å². The predicted molar refractivity (Wildman–Crippen MR) is 123 cm³/mol. The average Bonchev–Trinajstić information content (AvgIpc) is 3.41. The minimum absolute atomic E-state index is 0.284. The number of anilines is 1. The highest BCUT2D eigenvalue weighted by Crippen LogP contribution is 2.29. The molecule has 0 unspecified atom stereocenters. The molecule has 0 fully saturated rings. The minimum atomic E-state index is -4.33. The van der Waals surface area contributed by atoms with Gasteiger partial charge in [-0.05, 0) is 67.3 Å². The van der Waals surface area contributed by atoms with Crippen LogP contribution in [0.15, 0.2) is 66.9 Å². The van der Waals surface area contributed by atoms with Crippen LogP contribution in [0.4, 0.5) is 19.1 Å². The second-order valence-electron chi connectivity index (χ2n) is 8.11. The van der Waals surface area contributed by atoms with Gasteiger partial charge in [0.1, 0.15) is 11.3 Å². The van der Waals surface area contributed by atoms with E-state index in [-0.39, 0.29) is 11.6 Å². The first-order chi connectivity index (χ1) is 16.3. The lowest BCUT2D eigenvalue weighted by Crippen LogP contribution is -2.13. The van der Waals surface area contributed by atoms with Crippen LogP contribution in [-0.2, 0) is 19.0 Å². The zero-order valence-corrected chi connectivity index (χ0v) is 18.1. The van der Waals surface area contributed by atoms with Crippen molar-refractivity contribution in [1.29, 1.82) is 0 Å². The van der Waals surface area contributed by atoms with Gasteiger partial charge in [-0.25, -0.2) is 9.97 Å². The van der Waals surface area contributed by atoms with Crippen molar-refractivity contribution in [3.63, 3.8) is 0 Å². The van der Waals surface area contributed by atoms with Crippen molar-refractivity contribution in [2.24, 2.45) is 0 Å². The number of benzene rings is 2. The Kier molecular flexibility index (Phi) is 5.31. The highest BCUT2D eigenvalue weighted by Gasteiger charge is 2.29. The molecule has 0 aliphatic carbocycles. The Labute approximate surface area is 192 Å². The van der Waals surface area contributed by atoms with Crippen molar-refractivity contribution in [2.45, 2.75) is 25.9 Å². The number of hydrogen-bond donors (Lipinski definition) is 2. The van der Waals surface area contributed by atoms with Crippen LogP contribution in [0.1, 0.15) is 32.9 Å². The zero-order chi connectivity index (χ0) is 23.9. The summed E-state index contributed by atoms with van der Waals surface area (Å²) in [6, 6.07) is 16.6. The molecule has 0 aliphatic rings. The molecule has 0 aliphatic heterocycles. The quantitative estimate of drug-likeness (QED) is 0.358. The molecule has 2 N–H and O–H groups in total. The van der Waals surface area contributed by atoms with E-state index in [1.807, 2.05) is 47.7 Å². The van der Waals surface area contributed by atoms with Crippen LogP contribution >= 0.6 is 0 Å². The van der Waals surface area contributed by atoms with E-state index >= 15 is 0 Å². The Morgan fingerprint density at radius 1 is 1.00 bits per heavy atom. The molecule has 6 nitrogen and oxygen atoms in total. The number of hydrogen-bond acceptors (Lipinski definition) is 3. The topological polar surface area (TPSA) is 75.1 Å². The van der Waals surface area contributed by atoms with Gasteiger partial charge < -0.3 is 9.38 Å². The third-order valence-corrected chi connectivity index (χ3v) is 5.69. The molecule has 0 atom stereocenters. The molecule has 3 heterocycles. The summed E-state index contributed by atoms with van der Waals surface area (Å²) < 4.78 is 40.0. The van der Waals surface area contributed by atoms with Gasteiger partial charge in [0.25, 0.3) is 5.91 Å². The van der Waals surface area contributed by atoms with E-state index in [4.69, 9.17) is 0 Å². The van der Waals surface area contributed by atoms with Crippen LogP contribution in [0.25, 0.3) is 16.7 Å². The lowest BCUT2D eigenvalue weighted by atomic mass is 10.0. The van der Waals surface area contributed by atoms with Crippen molar-refractivity contribution >= 4 is 28.5 Å². The Balaban J connectivity index is 1.27. The number of aromatic amines is 1. The SMILES string of the molecule is Cc1cccc2nc(C(=O)Nc3nc4cc(CCc5ccc(C(F)(F)F)cc5)ccc4[nH]3)cn12. The molecular weight excluding hydrogens is 443 g/mol. The lowest BCUT2D eigenvalue weighted by Gasteiger charge is -2.07. The molecule has 172 valence electrons. The number of carbonyl (C=O) groups is 1. The van der Waals surface area contributed by atoms with Crippen LogP contribution in [0.3, 0.4) is 0 Å². The normalized spacial score (nSPS) is 11.9. The van der Waals surface area contributed by atoms with Crippen molar-refractivity contribution < 1.29 is 18.0 Å². The maximum absolute atomic E-state index is 12.7. The number of carbonyl (C=O) groups excluding carboxylic acids is 1. The largest absolute Gasteiger partial charge is 0.416 e. The van der Waals surface area contributed by atoms with Gasteiger partial charge in [0.15, 0.2) is 0 Å². The van der Waals surface area contributed by atoms with Crippen molar-refractivity contribution in [3.8, 4) is 0 Å². The number of fused-ring (bicyclic) bond motifs is 2. The summed E-state index contributed by atoms with van der Waals surface area (Å²) >= 11 is 0. The van der Waals surface area contributed by atoms with E-state index in [2.05, 4.69) is 20.3 Å². The summed E-state index contributed by atoms with van der Waals surface area (Å²) in [5.41, 5.74) is 4.56. The van der Waals surface area contributed by atoms with Crippen molar-refractivity contribution in [2.75, 3.05) is 5.32 Å². The fourth-order valence-corrected chi connectivity index (χ4v) is 3.84. The van der Waals surface area contributed by atoms with E-state index in [1.54, 1.807) is 6.20 Å². The maximum atomic E-state index is 12.7. The van der Waals surface area contributed by atoms with Gasteiger partial charge in [0.2, 0.25) is 5.95 Å². The summed E-state index contributed by atoms with van der Waals surface area (Å²) in [7, 11) is 0. The second-order valence-corrected chi connectivity index (χ2v) is 8.11. The Morgan fingerprint density at radius 3 is 2.47 bits per heavy atom. The Morgan fingerprint density at radius 2 is 1.74 bits per heavy atom. The number of alkyl halides is 3.